The summed E-state index contributed by atoms with van der Waals surface area (Å²) in [6, 6.07) is 6.29. The van der Waals surface area contributed by atoms with Gasteiger partial charge >= 0.3 is 0 Å². The Hall–Kier alpha value is -1.40. The average molecular weight is 266 g/mol. The van der Waals surface area contributed by atoms with Crippen LogP contribution in [0.5, 0.6) is 0 Å². The summed E-state index contributed by atoms with van der Waals surface area (Å²) in [4.78, 5) is 4.24. The number of hydrogen-bond acceptors (Lipinski definition) is 4. The van der Waals surface area contributed by atoms with Gasteiger partial charge in [0.15, 0.2) is 0 Å². The highest BCUT2D eigenvalue weighted by Crippen LogP contribution is 2.35. The molecule has 0 aliphatic carbocycles. The fourth-order valence-corrected chi connectivity index (χ4v) is 2.64. The van der Waals surface area contributed by atoms with E-state index in [9.17, 15) is 4.39 Å². The van der Waals surface area contributed by atoms with Crippen molar-refractivity contribution in [2.75, 3.05) is 0 Å². The van der Waals surface area contributed by atoms with E-state index in [4.69, 9.17) is 5.73 Å². The number of thioether (sulfide) groups is 1. The molecule has 1 aromatic heterocycles. The van der Waals surface area contributed by atoms with Gasteiger partial charge in [-0.05, 0) is 31.5 Å². The largest absolute Gasteiger partial charge is 0.327 e. The standard InChI is InChI=1S/C12H15FN4S/c1-7(14)11(9-3-5-10(13)6-4-9)18-12-15-8(2)16-17-12/h3-7,11H,14H2,1-2H3,(H,15,16,17). The van der Waals surface area contributed by atoms with Crippen molar-refractivity contribution in [3.8, 4) is 0 Å². The number of nitrogens with two attached hydrogens (primary N) is 1. The number of hydrogen-bond donors (Lipinski definition) is 2. The molecular formula is C12H15FN4S. The number of halogens is 1. The van der Waals surface area contributed by atoms with Gasteiger partial charge in [0.05, 0.1) is 5.25 Å². The lowest BCUT2D eigenvalue weighted by Gasteiger charge is -2.19. The number of rotatable bonds is 4. The van der Waals surface area contributed by atoms with Crippen molar-refractivity contribution in [3.05, 3.63) is 41.5 Å². The molecule has 0 bridgehead atoms. The zero-order valence-electron chi connectivity index (χ0n) is 10.2. The molecule has 0 amide bonds. The first-order valence-corrected chi connectivity index (χ1v) is 6.51. The number of aromatic nitrogens is 3. The van der Waals surface area contributed by atoms with E-state index in [1.54, 1.807) is 12.1 Å². The van der Waals surface area contributed by atoms with Gasteiger partial charge in [-0.15, -0.1) is 5.10 Å². The number of nitrogens with one attached hydrogen (secondary N) is 1. The van der Waals surface area contributed by atoms with Crippen LogP contribution in [0.25, 0.3) is 0 Å². The molecule has 0 aliphatic heterocycles. The number of aromatic amines is 1. The van der Waals surface area contributed by atoms with Crippen molar-refractivity contribution in [3.63, 3.8) is 0 Å². The molecule has 1 aromatic carbocycles. The Morgan fingerprint density at radius 2 is 2.00 bits per heavy atom. The molecule has 2 atom stereocenters. The monoisotopic (exact) mass is 266 g/mol. The lowest BCUT2D eigenvalue weighted by atomic mass is 10.1. The van der Waals surface area contributed by atoms with Crippen LogP contribution >= 0.6 is 11.8 Å². The summed E-state index contributed by atoms with van der Waals surface area (Å²) in [5.41, 5.74) is 6.95. The zero-order chi connectivity index (χ0) is 13.1. The summed E-state index contributed by atoms with van der Waals surface area (Å²) >= 11 is 1.48. The molecule has 0 aliphatic rings. The Morgan fingerprint density at radius 1 is 1.33 bits per heavy atom. The van der Waals surface area contributed by atoms with Crippen LogP contribution in [0.4, 0.5) is 4.39 Å². The number of nitrogens with zero attached hydrogens (tertiary/aromatic N) is 2. The van der Waals surface area contributed by atoms with E-state index in [2.05, 4.69) is 15.2 Å². The van der Waals surface area contributed by atoms with Gasteiger partial charge in [0.2, 0.25) is 5.16 Å². The molecule has 2 unspecified atom stereocenters. The highest BCUT2D eigenvalue weighted by molar-refractivity contribution is 7.99. The topological polar surface area (TPSA) is 67.6 Å². The van der Waals surface area contributed by atoms with E-state index in [0.717, 1.165) is 11.4 Å². The first kappa shape index (κ1) is 13.0. The SMILES string of the molecule is Cc1nc(SC(c2ccc(F)cc2)C(C)N)n[nH]1. The van der Waals surface area contributed by atoms with Crippen LogP contribution in [0.1, 0.15) is 23.6 Å². The third-order valence-electron chi connectivity index (χ3n) is 2.49. The minimum atomic E-state index is -0.249. The molecular weight excluding hydrogens is 251 g/mol. The van der Waals surface area contributed by atoms with Crippen molar-refractivity contribution >= 4 is 11.8 Å². The third kappa shape index (κ3) is 3.08. The van der Waals surface area contributed by atoms with E-state index in [-0.39, 0.29) is 17.1 Å². The van der Waals surface area contributed by atoms with Crippen molar-refractivity contribution in [2.45, 2.75) is 30.3 Å². The second-order valence-corrected chi connectivity index (χ2v) is 5.26. The predicted octanol–water partition coefficient (Wildman–Crippen LogP) is 2.43. The van der Waals surface area contributed by atoms with Crippen molar-refractivity contribution < 1.29 is 4.39 Å². The van der Waals surface area contributed by atoms with Gasteiger partial charge < -0.3 is 5.73 Å². The zero-order valence-corrected chi connectivity index (χ0v) is 11.0. The molecule has 3 N–H and O–H groups in total. The Balaban J connectivity index is 2.20. The van der Waals surface area contributed by atoms with Crippen LogP contribution in [-0.4, -0.2) is 21.2 Å². The minimum Gasteiger partial charge on any atom is -0.327 e. The van der Waals surface area contributed by atoms with E-state index in [0.29, 0.717) is 5.16 Å². The number of H-pyrrole nitrogens is 1. The van der Waals surface area contributed by atoms with Gasteiger partial charge in [0.1, 0.15) is 11.6 Å². The van der Waals surface area contributed by atoms with Crippen LogP contribution in [0.3, 0.4) is 0 Å². The smallest absolute Gasteiger partial charge is 0.209 e. The predicted molar refractivity (Wildman–Crippen MR) is 69.8 cm³/mol. The van der Waals surface area contributed by atoms with Crippen LogP contribution in [0.2, 0.25) is 0 Å². The third-order valence-corrected chi connectivity index (χ3v) is 3.83. The fourth-order valence-electron chi connectivity index (χ4n) is 1.62. The number of aryl methyl sites for hydroxylation is 1. The summed E-state index contributed by atoms with van der Waals surface area (Å²) in [5, 5.41) is 7.52. The molecule has 0 spiro atoms. The van der Waals surface area contributed by atoms with Crippen LogP contribution in [0, 0.1) is 12.7 Å². The highest BCUT2D eigenvalue weighted by atomic mass is 32.2. The van der Waals surface area contributed by atoms with Gasteiger partial charge in [-0.2, -0.15) is 0 Å². The molecule has 0 fully saturated rings. The van der Waals surface area contributed by atoms with Gasteiger partial charge in [-0.1, -0.05) is 23.9 Å². The van der Waals surface area contributed by atoms with E-state index in [1.807, 2.05) is 13.8 Å². The maximum Gasteiger partial charge on any atom is 0.209 e. The van der Waals surface area contributed by atoms with Crippen molar-refractivity contribution in [1.82, 2.24) is 15.2 Å². The Bertz CT molecular complexity index is 509. The van der Waals surface area contributed by atoms with Crippen LogP contribution in [-0.2, 0) is 0 Å². The maximum absolute atomic E-state index is 12.9. The average Bonchev–Trinajstić information content (AvgIpc) is 2.73. The molecule has 6 heteroatoms. The normalized spacial score (nSPS) is 14.4. The minimum absolute atomic E-state index is 0.000741. The van der Waals surface area contributed by atoms with Gasteiger partial charge in [0.25, 0.3) is 0 Å². The first-order chi connectivity index (χ1) is 8.56. The van der Waals surface area contributed by atoms with E-state index >= 15 is 0 Å². The van der Waals surface area contributed by atoms with E-state index in [1.165, 1.54) is 23.9 Å². The lowest BCUT2D eigenvalue weighted by Crippen LogP contribution is -2.22. The molecule has 0 radical (unpaired) electrons. The molecule has 0 saturated carbocycles. The molecule has 4 nitrogen and oxygen atoms in total. The summed E-state index contributed by atoms with van der Waals surface area (Å²) in [6.07, 6.45) is 0. The summed E-state index contributed by atoms with van der Waals surface area (Å²) in [7, 11) is 0. The summed E-state index contributed by atoms with van der Waals surface area (Å²) in [5.74, 6) is 0.515. The summed E-state index contributed by atoms with van der Waals surface area (Å²) < 4.78 is 12.9. The van der Waals surface area contributed by atoms with E-state index < -0.39 is 0 Å². The van der Waals surface area contributed by atoms with Crippen LogP contribution < -0.4 is 5.73 Å². The van der Waals surface area contributed by atoms with Crippen molar-refractivity contribution in [1.29, 1.82) is 0 Å². The van der Waals surface area contributed by atoms with Gasteiger partial charge in [0, 0.05) is 6.04 Å². The second kappa shape index (κ2) is 5.49. The molecule has 1 heterocycles. The maximum atomic E-state index is 12.9. The Morgan fingerprint density at radius 3 is 2.50 bits per heavy atom. The van der Waals surface area contributed by atoms with Crippen molar-refractivity contribution in [2.24, 2.45) is 5.73 Å². The molecule has 18 heavy (non-hydrogen) atoms. The number of benzene rings is 1. The fraction of sp³-hybridized carbons (Fsp3) is 0.333. The molecule has 2 aromatic rings. The quantitative estimate of drug-likeness (QED) is 0.834. The lowest BCUT2D eigenvalue weighted by molar-refractivity contribution is 0.625. The van der Waals surface area contributed by atoms with Gasteiger partial charge in [-0.3, -0.25) is 5.10 Å². The first-order valence-electron chi connectivity index (χ1n) is 5.63. The Labute approximate surface area is 109 Å². The summed E-state index contributed by atoms with van der Waals surface area (Å²) in [6.45, 7) is 3.76. The second-order valence-electron chi connectivity index (χ2n) is 4.15. The molecule has 2 rings (SSSR count). The molecule has 96 valence electrons. The molecule has 0 saturated heterocycles. The van der Waals surface area contributed by atoms with Gasteiger partial charge in [-0.25, -0.2) is 9.37 Å². The Kier molecular flexibility index (Phi) is 3.98. The highest BCUT2D eigenvalue weighted by Gasteiger charge is 2.19. The van der Waals surface area contributed by atoms with Crippen LogP contribution in [0.15, 0.2) is 29.4 Å².